The Morgan fingerprint density at radius 2 is 2.07 bits per heavy atom. The summed E-state index contributed by atoms with van der Waals surface area (Å²) in [5, 5.41) is 0.436. The van der Waals surface area contributed by atoms with E-state index in [4.69, 9.17) is 20.8 Å². The number of aryl methyl sites for hydroxylation is 1. The lowest BCUT2D eigenvalue weighted by Crippen LogP contribution is -2.16. The number of halogens is 1. The fourth-order valence-electron chi connectivity index (χ4n) is 3.23. The van der Waals surface area contributed by atoms with Crippen LogP contribution < -0.4 is 5.56 Å². The third kappa shape index (κ3) is 3.82. The van der Waals surface area contributed by atoms with Gasteiger partial charge in [0.2, 0.25) is 0 Å². The van der Waals surface area contributed by atoms with Crippen molar-refractivity contribution in [1.29, 1.82) is 0 Å². The van der Waals surface area contributed by atoms with Gasteiger partial charge in [0, 0.05) is 23.7 Å². The van der Waals surface area contributed by atoms with E-state index >= 15 is 0 Å². The van der Waals surface area contributed by atoms with Crippen LogP contribution in [0.1, 0.15) is 33.2 Å². The molecular weight excluding hydrogens is 394 g/mol. The monoisotopic (exact) mass is 411 g/mol. The second-order valence-electron chi connectivity index (χ2n) is 6.69. The first kappa shape index (κ1) is 19.0. The maximum absolute atomic E-state index is 12.6. The minimum absolute atomic E-state index is 0.102. The Kier molecular flexibility index (Phi) is 4.98. The maximum atomic E-state index is 12.6. The average molecular weight is 412 g/mol. The third-order valence-corrected chi connectivity index (χ3v) is 4.94. The number of carbonyl (C=O) groups excluding carboxylic acids is 1. The molecule has 29 heavy (non-hydrogen) atoms. The number of carbonyl (C=O) groups is 1. The number of ether oxygens (including phenoxy) is 1. The highest BCUT2D eigenvalue weighted by Crippen LogP contribution is 2.19. The van der Waals surface area contributed by atoms with Gasteiger partial charge < -0.3 is 13.7 Å². The van der Waals surface area contributed by atoms with E-state index in [0.717, 1.165) is 17.1 Å². The van der Waals surface area contributed by atoms with Gasteiger partial charge in [-0.05, 0) is 44.2 Å². The van der Waals surface area contributed by atoms with Crippen molar-refractivity contribution in [3.8, 4) is 0 Å². The Balaban J connectivity index is 1.52. The second-order valence-corrected chi connectivity index (χ2v) is 7.12. The minimum atomic E-state index is -0.470. The summed E-state index contributed by atoms with van der Waals surface area (Å²) in [4.78, 5) is 29.2. The first-order valence-electron chi connectivity index (χ1n) is 8.96. The van der Waals surface area contributed by atoms with E-state index < -0.39 is 5.97 Å². The largest absolute Gasteiger partial charge is 0.467 e. The number of hydrogen-bond donors (Lipinski definition) is 0. The Bertz CT molecular complexity index is 1260. The van der Waals surface area contributed by atoms with E-state index in [1.807, 2.05) is 30.5 Å². The first-order valence-corrected chi connectivity index (χ1v) is 9.34. The SMILES string of the molecule is Cc1cc(C(=O)OCc2cc(=O)n3cc(Cl)ccc3n2)c(C)n1Cc1ccco1. The zero-order valence-corrected chi connectivity index (χ0v) is 16.6. The van der Waals surface area contributed by atoms with E-state index in [1.165, 1.54) is 16.7 Å². The Labute approximate surface area is 171 Å². The molecule has 148 valence electrons. The van der Waals surface area contributed by atoms with E-state index in [9.17, 15) is 9.59 Å². The van der Waals surface area contributed by atoms with Crippen molar-refractivity contribution in [2.24, 2.45) is 0 Å². The average Bonchev–Trinajstić information content (AvgIpc) is 3.30. The predicted molar refractivity (Wildman–Crippen MR) is 107 cm³/mol. The van der Waals surface area contributed by atoms with Crippen molar-refractivity contribution in [3.05, 3.63) is 92.6 Å². The molecule has 0 amide bonds. The molecule has 0 fully saturated rings. The fraction of sp³-hybridized carbons (Fsp3) is 0.190. The van der Waals surface area contributed by atoms with Crippen molar-refractivity contribution < 1.29 is 13.9 Å². The molecule has 0 atom stereocenters. The van der Waals surface area contributed by atoms with Crippen molar-refractivity contribution in [2.75, 3.05) is 0 Å². The smallest absolute Gasteiger partial charge is 0.340 e. The van der Waals surface area contributed by atoms with Gasteiger partial charge in [0.1, 0.15) is 18.0 Å². The van der Waals surface area contributed by atoms with Gasteiger partial charge in [-0.25, -0.2) is 9.78 Å². The molecule has 7 nitrogen and oxygen atoms in total. The molecule has 8 heteroatoms. The molecule has 0 aromatic carbocycles. The van der Waals surface area contributed by atoms with Crippen molar-refractivity contribution >= 4 is 23.2 Å². The number of rotatable bonds is 5. The van der Waals surface area contributed by atoms with E-state index in [2.05, 4.69) is 4.98 Å². The van der Waals surface area contributed by atoms with Gasteiger partial charge in [-0.15, -0.1) is 0 Å². The minimum Gasteiger partial charge on any atom is -0.467 e. The normalized spacial score (nSPS) is 11.1. The summed E-state index contributed by atoms with van der Waals surface area (Å²) in [6.45, 7) is 4.21. The topological polar surface area (TPSA) is 78.7 Å². The molecule has 4 rings (SSSR count). The summed E-state index contributed by atoms with van der Waals surface area (Å²) < 4.78 is 14.1. The number of hydrogen-bond acceptors (Lipinski definition) is 5. The summed E-state index contributed by atoms with van der Waals surface area (Å²) in [6, 6.07) is 10.1. The zero-order chi connectivity index (χ0) is 20.5. The number of fused-ring (bicyclic) bond motifs is 1. The quantitative estimate of drug-likeness (QED) is 0.467. The lowest BCUT2D eigenvalue weighted by Gasteiger charge is -2.08. The zero-order valence-electron chi connectivity index (χ0n) is 15.9. The molecule has 0 saturated carbocycles. The van der Waals surface area contributed by atoms with Crippen LogP contribution in [0.25, 0.3) is 5.65 Å². The summed E-state index contributed by atoms with van der Waals surface area (Å²) in [6.07, 6.45) is 3.11. The number of esters is 1. The van der Waals surface area contributed by atoms with Crippen LogP contribution in [-0.4, -0.2) is 19.9 Å². The molecule has 0 saturated heterocycles. The molecule has 4 aromatic heterocycles. The lowest BCUT2D eigenvalue weighted by atomic mass is 10.2. The van der Waals surface area contributed by atoms with Gasteiger partial charge in [0.05, 0.1) is 29.1 Å². The Hall–Kier alpha value is -3.32. The maximum Gasteiger partial charge on any atom is 0.340 e. The van der Waals surface area contributed by atoms with Gasteiger partial charge in [-0.2, -0.15) is 0 Å². The Morgan fingerprint density at radius 3 is 2.83 bits per heavy atom. The van der Waals surface area contributed by atoms with Crippen LogP contribution >= 0.6 is 11.6 Å². The Morgan fingerprint density at radius 1 is 1.24 bits per heavy atom. The van der Waals surface area contributed by atoms with E-state index in [0.29, 0.717) is 28.5 Å². The molecule has 0 aliphatic carbocycles. The molecule has 0 aliphatic rings. The predicted octanol–water partition coefficient (Wildman–Crippen LogP) is 3.76. The molecule has 0 radical (unpaired) electrons. The summed E-state index contributed by atoms with van der Waals surface area (Å²) >= 11 is 5.91. The fourth-order valence-corrected chi connectivity index (χ4v) is 3.39. The molecule has 0 spiro atoms. The highest BCUT2D eigenvalue weighted by atomic mass is 35.5. The number of nitrogens with zero attached hydrogens (tertiary/aromatic N) is 3. The molecule has 0 N–H and O–H groups in total. The van der Waals surface area contributed by atoms with Crippen LogP contribution in [0.3, 0.4) is 0 Å². The second kappa shape index (κ2) is 7.60. The molecule has 4 aromatic rings. The van der Waals surface area contributed by atoms with E-state index in [1.54, 1.807) is 24.5 Å². The number of furan rings is 1. The third-order valence-electron chi connectivity index (χ3n) is 4.72. The summed E-state index contributed by atoms with van der Waals surface area (Å²) in [7, 11) is 0. The van der Waals surface area contributed by atoms with Crippen molar-refractivity contribution in [2.45, 2.75) is 27.0 Å². The van der Waals surface area contributed by atoms with Gasteiger partial charge >= 0.3 is 5.97 Å². The first-order chi connectivity index (χ1) is 13.9. The van der Waals surface area contributed by atoms with Crippen LogP contribution in [0.15, 0.2) is 58.1 Å². The van der Waals surface area contributed by atoms with E-state index in [-0.39, 0.29) is 12.2 Å². The van der Waals surface area contributed by atoms with Crippen LogP contribution in [0.5, 0.6) is 0 Å². The summed E-state index contributed by atoms with van der Waals surface area (Å²) in [5.41, 5.74) is 2.69. The van der Waals surface area contributed by atoms with Crippen LogP contribution in [0, 0.1) is 13.8 Å². The van der Waals surface area contributed by atoms with Crippen molar-refractivity contribution in [3.63, 3.8) is 0 Å². The van der Waals surface area contributed by atoms with Gasteiger partial charge in [0.15, 0.2) is 0 Å². The van der Waals surface area contributed by atoms with Crippen molar-refractivity contribution in [1.82, 2.24) is 14.0 Å². The molecule has 4 heterocycles. The lowest BCUT2D eigenvalue weighted by molar-refractivity contribution is 0.0466. The van der Waals surface area contributed by atoms with Gasteiger partial charge in [-0.1, -0.05) is 11.6 Å². The van der Waals surface area contributed by atoms with Gasteiger partial charge in [-0.3, -0.25) is 9.20 Å². The van der Waals surface area contributed by atoms with Crippen LogP contribution in [0.2, 0.25) is 5.02 Å². The van der Waals surface area contributed by atoms with Gasteiger partial charge in [0.25, 0.3) is 5.56 Å². The molecule has 0 unspecified atom stereocenters. The standard InChI is InChI=1S/C21H18ClN3O4/c1-13-8-18(14(2)24(13)11-17-4-3-7-28-17)21(27)29-12-16-9-20(26)25-10-15(22)5-6-19(25)23-16/h3-10H,11-12H2,1-2H3. The summed E-state index contributed by atoms with van der Waals surface area (Å²) in [5.74, 6) is 0.328. The number of pyridine rings is 1. The molecule has 0 bridgehead atoms. The number of aromatic nitrogens is 3. The highest BCUT2D eigenvalue weighted by Gasteiger charge is 2.18. The van der Waals surface area contributed by atoms with Crippen LogP contribution in [0.4, 0.5) is 0 Å². The molecule has 0 aliphatic heterocycles. The highest BCUT2D eigenvalue weighted by molar-refractivity contribution is 6.30. The molecular formula is C21H18ClN3O4. The van der Waals surface area contributed by atoms with Crippen LogP contribution in [-0.2, 0) is 17.9 Å².